The van der Waals surface area contributed by atoms with Gasteiger partial charge in [0.1, 0.15) is 5.82 Å². The maximum atomic E-state index is 13.4. The molecule has 0 saturated heterocycles. The molecular formula is C13H15ClFNO. The largest absolute Gasteiger partial charge is 0.350 e. The molecule has 1 aromatic carbocycles. The van der Waals surface area contributed by atoms with Crippen LogP contribution in [0.2, 0.25) is 5.02 Å². The second kappa shape index (κ2) is 6.40. The Hall–Kier alpha value is -1.35. The molecule has 0 saturated carbocycles. The topological polar surface area (TPSA) is 29.1 Å². The third-order valence-electron chi connectivity index (χ3n) is 2.40. The van der Waals surface area contributed by atoms with Crippen molar-refractivity contribution in [3.63, 3.8) is 0 Å². The van der Waals surface area contributed by atoms with Crippen LogP contribution < -0.4 is 5.32 Å². The Labute approximate surface area is 105 Å². The van der Waals surface area contributed by atoms with Gasteiger partial charge >= 0.3 is 0 Å². The van der Waals surface area contributed by atoms with E-state index in [0.717, 1.165) is 6.42 Å². The van der Waals surface area contributed by atoms with Crippen LogP contribution in [0.1, 0.15) is 25.8 Å². The Morgan fingerprint density at radius 3 is 2.88 bits per heavy atom. The van der Waals surface area contributed by atoms with E-state index in [1.165, 1.54) is 24.3 Å². The summed E-state index contributed by atoms with van der Waals surface area (Å²) < 4.78 is 13.4. The predicted molar refractivity (Wildman–Crippen MR) is 68.3 cm³/mol. The summed E-state index contributed by atoms with van der Waals surface area (Å²) in [4.78, 5) is 11.4. The molecule has 0 aromatic heterocycles. The van der Waals surface area contributed by atoms with E-state index < -0.39 is 5.82 Å². The van der Waals surface area contributed by atoms with Crippen molar-refractivity contribution >= 4 is 23.6 Å². The fourth-order valence-corrected chi connectivity index (χ4v) is 1.45. The van der Waals surface area contributed by atoms with E-state index in [0.29, 0.717) is 0 Å². The molecule has 1 aromatic rings. The first-order valence-corrected chi connectivity index (χ1v) is 5.85. The predicted octanol–water partition coefficient (Wildman–Crippen LogP) is 3.41. The number of hydrogen-bond acceptors (Lipinski definition) is 1. The van der Waals surface area contributed by atoms with E-state index in [1.807, 2.05) is 13.8 Å². The average Bonchev–Trinajstić information content (AvgIpc) is 2.28. The van der Waals surface area contributed by atoms with E-state index in [2.05, 4.69) is 5.32 Å². The lowest BCUT2D eigenvalue weighted by molar-refractivity contribution is -0.117. The maximum Gasteiger partial charge on any atom is 0.244 e. The van der Waals surface area contributed by atoms with Gasteiger partial charge in [0.2, 0.25) is 5.91 Å². The fourth-order valence-electron chi connectivity index (χ4n) is 1.22. The van der Waals surface area contributed by atoms with Crippen LogP contribution in [-0.4, -0.2) is 11.9 Å². The molecule has 0 fully saturated rings. The second-order valence-electron chi connectivity index (χ2n) is 3.79. The monoisotopic (exact) mass is 255 g/mol. The van der Waals surface area contributed by atoms with Crippen LogP contribution >= 0.6 is 11.6 Å². The van der Waals surface area contributed by atoms with Crippen molar-refractivity contribution in [3.05, 3.63) is 40.7 Å². The zero-order valence-corrected chi connectivity index (χ0v) is 10.6. The quantitative estimate of drug-likeness (QED) is 0.821. The fraction of sp³-hybridized carbons (Fsp3) is 0.308. The third-order valence-corrected chi connectivity index (χ3v) is 2.73. The number of carbonyl (C=O) groups excluding carboxylic acids is 1. The van der Waals surface area contributed by atoms with Crippen molar-refractivity contribution in [1.82, 2.24) is 5.32 Å². The molecule has 0 radical (unpaired) electrons. The van der Waals surface area contributed by atoms with E-state index in [1.54, 1.807) is 6.07 Å². The molecule has 92 valence electrons. The Bertz CT molecular complexity index is 411. The van der Waals surface area contributed by atoms with Gasteiger partial charge in [0.15, 0.2) is 0 Å². The van der Waals surface area contributed by atoms with Crippen molar-refractivity contribution in [2.45, 2.75) is 26.3 Å². The van der Waals surface area contributed by atoms with Crippen LogP contribution in [-0.2, 0) is 4.79 Å². The number of nitrogens with one attached hydrogen (secondary N) is 1. The molecule has 2 nitrogen and oxygen atoms in total. The van der Waals surface area contributed by atoms with Crippen molar-refractivity contribution in [2.75, 3.05) is 0 Å². The van der Waals surface area contributed by atoms with Crippen molar-refractivity contribution in [1.29, 1.82) is 0 Å². The summed E-state index contributed by atoms with van der Waals surface area (Å²) in [5.41, 5.74) is 0.230. The molecule has 1 atom stereocenters. The number of benzene rings is 1. The van der Waals surface area contributed by atoms with Gasteiger partial charge in [0, 0.05) is 17.7 Å². The van der Waals surface area contributed by atoms with Crippen LogP contribution in [0.15, 0.2) is 24.3 Å². The summed E-state index contributed by atoms with van der Waals surface area (Å²) in [5, 5.41) is 3.04. The minimum absolute atomic E-state index is 0.100. The molecule has 1 unspecified atom stereocenters. The minimum Gasteiger partial charge on any atom is -0.350 e. The van der Waals surface area contributed by atoms with Crippen LogP contribution in [0, 0.1) is 5.82 Å². The Morgan fingerprint density at radius 1 is 1.59 bits per heavy atom. The number of carbonyl (C=O) groups is 1. The first-order chi connectivity index (χ1) is 8.04. The van der Waals surface area contributed by atoms with Gasteiger partial charge in [-0.2, -0.15) is 0 Å². The summed E-state index contributed by atoms with van der Waals surface area (Å²) in [5.74, 6) is -0.691. The van der Waals surface area contributed by atoms with Crippen LogP contribution in [0.25, 0.3) is 6.08 Å². The van der Waals surface area contributed by atoms with E-state index in [4.69, 9.17) is 11.6 Å². The van der Waals surface area contributed by atoms with Crippen molar-refractivity contribution < 1.29 is 9.18 Å². The maximum absolute atomic E-state index is 13.4. The molecule has 1 rings (SSSR count). The highest BCUT2D eigenvalue weighted by molar-refractivity contribution is 6.32. The molecule has 17 heavy (non-hydrogen) atoms. The van der Waals surface area contributed by atoms with Gasteiger partial charge in [-0.1, -0.05) is 24.6 Å². The zero-order valence-electron chi connectivity index (χ0n) is 9.84. The number of halogens is 2. The molecular weight excluding hydrogens is 241 g/mol. The Balaban J connectivity index is 2.74. The lowest BCUT2D eigenvalue weighted by Crippen LogP contribution is -2.30. The highest BCUT2D eigenvalue weighted by Crippen LogP contribution is 2.20. The summed E-state index contributed by atoms with van der Waals surface area (Å²) >= 11 is 5.82. The summed E-state index contributed by atoms with van der Waals surface area (Å²) in [6.07, 6.45) is 3.52. The van der Waals surface area contributed by atoms with Crippen molar-refractivity contribution in [3.8, 4) is 0 Å². The van der Waals surface area contributed by atoms with Gasteiger partial charge in [0.05, 0.1) is 5.02 Å². The minimum atomic E-state index is -0.440. The normalized spacial score (nSPS) is 12.7. The molecule has 0 heterocycles. The summed E-state index contributed by atoms with van der Waals surface area (Å²) in [6.45, 7) is 3.88. The third kappa shape index (κ3) is 4.19. The molecule has 0 spiro atoms. The summed E-state index contributed by atoms with van der Waals surface area (Å²) in [6, 6.07) is 4.51. The molecule has 1 N–H and O–H groups in total. The van der Waals surface area contributed by atoms with Crippen LogP contribution in [0.5, 0.6) is 0 Å². The SMILES string of the molecule is CCC(C)NC(=O)/C=C/c1c(F)cccc1Cl. The van der Waals surface area contributed by atoms with Crippen LogP contribution in [0.4, 0.5) is 4.39 Å². The number of amides is 1. The van der Waals surface area contributed by atoms with Gasteiger partial charge in [0.25, 0.3) is 0 Å². The van der Waals surface area contributed by atoms with Gasteiger partial charge in [-0.3, -0.25) is 4.79 Å². The van der Waals surface area contributed by atoms with Gasteiger partial charge < -0.3 is 5.32 Å². The first-order valence-electron chi connectivity index (χ1n) is 5.47. The van der Waals surface area contributed by atoms with Gasteiger partial charge in [-0.25, -0.2) is 4.39 Å². The first kappa shape index (κ1) is 13.7. The lowest BCUT2D eigenvalue weighted by atomic mass is 10.2. The molecule has 0 aliphatic heterocycles. The second-order valence-corrected chi connectivity index (χ2v) is 4.19. The van der Waals surface area contributed by atoms with Crippen LogP contribution in [0.3, 0.4) is 0 Å². The zero-order chi connectivity index (χ0) is 12.8. The lowest BCUT2D eigenvalue weighted by Gasteiger charge is -2.08. The van der Waals surface area contributed by atoms with Gasteiger partial charge in [-0.15, -0.1) is 0 Å². The number of hydrogen-bond donors (Lipinski definition) is 1. The Kier molecular flexibility index (Phi) is 5.16. The van der Waals surface area contributed by atoms with Crippen molar-refractivity contribution in [2.24, 2.45) is 0 Å². The molecule has 4 heteroatoms. The summed E-state index contributed by atoms with van der Waals surface area (Å²) in [7, 11) is 0. The molecule has 0 aliphatic carbocycles. The standard InChI is InChI=1S/C13H15ClFNO/c1-3-9(2)16-13(17)8-7-10-11(14)5-4-6-12(10)15/h4-9H,3H2,1-2H3,(H,16,17)/b8-7+. The molecule has 1 amide bonds. The number of rotatable bonds is 4. The van der Waals surface area contributed by atoms with E-state index >= 15 is 0 Å². The highest BCUT2D eigenvalue weighted by atomic mass is 35.5. The van der Waals surface area contributed by atoms with Gasteiger partial charge in [-0.05, 0) is 31.6 Å². The average molecular weight is 256 g/mol. The molecule has 0 aliphatic rings. The van der Waals surface area contributed by atoms with E-state index in [-0.39, 0.29) is 22.5 Å². The van der Waals surface area contributed by atoms with E-state index in [9.17, 15) is 9.18 Å². The highest BCUT2D eigenvalue weighted by Gasteiger charge is 2.05. The smallest absolute Gasteiger partial charge is 0.244 e. The Morgan fingerprint density at radius 2 is 2.29 bits per heavy atom. The molecule has 0 bridgehead atoms.